The van der Waals surface area contributed by atoms with Crippen molar-refractivity contribution in [1.82, 2.24) is 19.9 Å². The number of benzene rings is 1. The van der Waals surface area contributed by atoms with E-state index in [4.69, 9.17) is 4.52 Å². The third-order valence-electron chi connectivity index (χ3n) is 5.14. The van der Waals surface area contributed by atoms with Crippen molar-refractivity contribution in [2.24, 2.45) is 0 Å². The standard InChI is InChI=1S/C18H22F2N4O/c1-12(15-5-4-14(19)10-16(15)20)24-8-6-23(7-9-24)11-17-21-18(25-22-17)13-2-3-13/h4-5,10,12-13H,2-3,6-9,11H2,1H3/t12-/m1/s1. The van der Waals surface area contributed by atoms with Gasteiger partial charge in [-0.05, 0) is 25.8 Å². The highest BCUT2D eigenvalue weighted by Crippen LogP contribution is 2.38. The summed E-state index contributed by atoms with van der Waals surface area (Å²) in [6.07, 6.45) is 2.30. The number of aromatic nitrogens is 2. The fourth-order valence-electron chi connectivity index (χ4n) is 3.37. The van der Waals surface area contributed by atoms with Crippen LogP contribution in [0.4, 0.5) is 8.78 Å². The quantitative estimate of drug-likeness (QED) is 0.831. The van der Waals surface area contributed by atoms with Crippen LogP contribution >= 0.6 is 0 Å². The normalized spacial score (nSPS) is 20.8. The molecule has 0 bridgehead atoms. The predicted molar refractivity (Wildman–Crippen MR) is 87.9 cm³/mol. The molecule has 0 unspecified atom stereocenters. The maximum Gasteiger partial charge on any atom is 0.229 e. The molecule has 25 heavy (non-hydrogen) atoms. The van der Waals surface area contributed by atoms with Crippen LogP contribution in [-0.4, -0.2) is 46.1 Å². The molecule has 2 aliphatic rings. The van der Waals surface area contributed by atoms with E-state index in [9.17, 15) is 8.78 Å². The molecular formula is C18H22F2N4O. The first kappa shape index (κ1) is 16.6. The van der Waals surface area contributed by atoms with Gasteiger partial charge in [0.2, 0.25) is 5.89 Å². The first-order chi connectivity index (χ1) is 12.1. The lowest BCUT2D eigenvalue weighted by molar-refractivity contribution is 0.0943. The Balaban J connectivity index is 1.32. The number of nitrogens with zero attached hydrogens (tertiary/aromatic N) is 4. The maximum absolute atomic E-state index is 14.0. The Morgan fingerprint density at radius 2 is 1.96 bits per heavy atom. The van der Waals surface area contributed by atoms with Crippen LogP contribution in [0.5, 0.6) is 0 Å². The number of hydrogen-bond acceptors (Lipinski definition) is 5. The van der Waals surface area contributed by atoms with Gasteiger partial charge in [-0.25, -0.2) is 8.78 Å². The smallest absolute Gasteiger partial charge is 0.229 e. The van der Waals surface area contributed by atoms with Crippen molar-refractivity contribution in [2.45, 2.75) is 38.3 Å². The number of rotatable bonds is 5. The van der Waals surface area contributed by atoms with Gasteiger partial charge in [0, 0.05) is 49.8 Å². The fourth-order valence-corrected chi connectivity index (χ4v) is 3.37. The molecule has 1 saturated carbocycles. The molecule has 0 N–H and O–H groups in total. The predicted octanol–water partition coefficient (Wildman–Crippen LogP) is 3.10. The van der Waals surface area contributed by atoms with Gasteiger partial charge in [-0.2, -0.15) is 4.98 Å². The van der Waals surface area contributed by atoms with Crippen LogP contribution in [0.1, 0.15) is 49.0 Å². The molecule has 134 valence electrons. The molecule has 0 radical (unpaired) electrons. The van der Waals surface area contributed by atoms with E-state index in [0.29, 0.717) is 18.0 Å². The zero-order valence-electron chi connectivity index (χ0n) is 14.3. The average molecular weight is 348 g/mol. The zero-order chi connectivity index (χ0) is 17.4. The van der Waals surface area contributed by atoms with E-state index in [2.05, 4.69) is 19.9 Å². The molecule has 2 heterocycles. The van der Waals surface area contributed by atoms with Gasteiger partial charge in [-0.3, -0.25) is 9.80 Å². The first-order valence-corrected chi connectivity index (χ1v) is 8.84. The van der Waals surface area contributed by atoms with E-state index in [1.165, 1.54) is 6.07 Å². The molecule has 5 nitrogen and oxygen atoms in total. The fraction of sp³-hybridized carbons (Fsp3) is 0.556. The van der Waals surface area contributed by atoms with Gasteiger partial charge in [0.1, 0.15) is 11.6 Å². The van der Waals surface area contributed by atoms with Gasteiger partial charge in [0.25, 0.3) is 0 Å². The van der Waals surface area contributed by atoms with Crippen molar-refractivity contribution >= 4 is 0 Å². The molecule has 1 atom stereocenters. The highest BCUT2D eigenvalue weighted by Gasteiger charge is 2.30. The Morgan fingerprint density at radius 3 is 2.64 bits per heavy atom. The van der Waals surface area contributed by atoms with E-state index in [-0.39, 0.29) is 6.04 Å². The summed E-state index contributed by atoms with van der Waals surface area (Å²) in [5.41, 5.74) is 0.544. The zero-order valence-corrected chi connectivity index (χ0v) is 14.3. The van der Waals surface area contributed by atoms with Crippen molar-refractivity contribution < 1.29 is 13.3 Å². The molecule has 2 fully saturated rings. The van der Waals surface area contributed by atoms with E-state index in [1.54, 1.807) is 6.07 Å². The molecule has 1 aromatic carbocycles. The summed E-state index contributed by atoms with van der Waals surface area (Å²) in [6, 6.07) is 3.74. The topological polar surface area (TPSA) is 45.4 Å². The summed E-state index contributed by atoms with van der Waals surface area (Å²) in [6.45, 7) is 6.02. The summed E-state index contributed by atoms with van der Waals surface area (Å²) >= 11 is 0. The van der Waals surface area contributed by atoms with E-state index in [1.807, 2.05) is 6.92 Å². The van der Waals surface area contributed by atoms with Gasteiger partial charge < -0.3 is 4.52 Å². The summed E-state index contributed by atoms with van der Waals surface area (Å²) in [7, 11) is 0. The third-order valence-corrected chi connectivity index (χ3v) is 5.14. The molecule has 1 aliphatic heterocycles. The van der Waals surface area contributed by atoms with Crippen molar-refractivity contribution in [3.05, 3.63) is 47.1 Å². The first-order valence-electron chi connectivity index (χ1n) is 8.84. The van der Waals surface area contributed by atoms with Crippen LogP contribution in [0.15, 0.2) is 22.7 Å². The van der Waals surface area contributed by atoms with Crippen LogP contribution in [0, 0.1) is 11.6 Å². The minimum absolute atomic E-state index is 0.0746. The Kier molecular flexibility index (Phi) is 4.52. The lowest BCUT2D eigenvalue weighted by Gasteiger charge is -2.37. The molecular weight excluding hydrogens is 326 g/mol. The number of hydrogen-bond donors (Lipinski definition) is 0. The van der Waals surface area contributed by atoms with Gasteiger partial charge in [0.05, 0.1) is 6.54 Å². The highest BCUT2D eigenvalue weighted by molar-refractivity contribution is 5.22. The number of halogens is 2. The molecule has 0 amide bonds. The molecule has 4 rings (SSSR count). The molecule has 1 saturated heterocycles. The largest absolute Gasteiger partial charge is 0.339 e. The summed E-state index contributed by atoms with van der Waals surface area (Å²) in [4.78, 5) is 8.97. The van der Waals surface area contributed by atoms with Crippen LogP contribution in [0.3, 0.4) is 0 Å². The molecule has 0 spiro atoms. The maximum atomic E-state index is 14.0. The van der Waals surface area contributed by atoms with Crippen LogP contribution in [-0.2, 0) is 6.54 Å². The minimum atomic E-state index is -0.538. The monoisotopic (exact) mass is 348 g/mol. The molecule has 7 heteroatoms. The van der Waals surface area contributed by atoms with Gasteiger partial charge in [-0.15, -0.1) is 0 Å². The molecule has 1 aromatic heterocycles. The van der Waals surface area contributed by atoms with Crippen molar-refractivity contribution in [3.8, 4) is 0 Å². The average Bonchev–Trinajstić information content (AvgIpc) is 3.35. The van der Waals surface area contributed by atoms with Crippen LogP contribution in [0.25, 0.3) is 0 Å². The van der Waals surface area contributed by atoms with Crippen molar-refractivity contribution in [3.63, 3.8) is 0 Å². The SMILES string of the molecule is C[C@H](c1ccc(F)cc1F)N1CCN(Cc2noc(C3CC3)n2)CC1. The van der Waals surface area contributed by atoms with E-state index < -0.39 is 11.6 Å². The summed E-state index contributed by atoms with van der Waals surface area (Å²) in [5.74, 6) is 0.977. The van der Waals surface area contributed by atoms with E-state index >= 15 is 0 Å². The Labute approximate surface area is 145 Å². The van der Waals surface area contributed by atoms with Crippen LogP contribution in [0.2, 0.25) is 0 Å². The lowest BCUT2D eigenvalue weighted by atomic mass is 10.1. The van der Waals surface area contributed by atoms with Crippen molar-refractivity contribution in [1.29, 1.82) is 0 Å². The van der Waals surface area contributed by atoms with E-state index in [0.717, 1.165) is 56.8 Å². The van der Waals surface area contributed by atoms with Gasteiger partial charge in [-0.1, -0.05) is 11.2 Å². The summed E-state index contributed by atoms with van der Waals surface area (Å²) in [5, 5.41) is 4.07. The van der Waals surface area contributed by atoms with Gasteiger partial charge >= 0.3 is 0 Å². The Morgan fingerprint density at radius 1 is 1.20 bits per heavy atom. The lowest BCUT2D eigenvalue weighted by Crippen LogP contribution is -2.46. The molecule has 2 aromatic rings. The highest BCUT2D eigenvalue weighted by atomic mass is 19.1. The Bertz CT molecular complexity index is 738. The second-order valence-electron chi connectivity index (χ2n) is 6.98. The second kappa shape index (κ2) is 6.80. The summed E-state index contributed by atoms with van der Waals surface area (Å²) < 4.78 is 32.4. The second-order valence-corrected chi connectivity index (χ2v) is 6.98. The third kappa shape index (κ3) is 3.72. The van der Waals surface area contributed by atoms with Gasteiger partial charge in [0.15, 0.2) is 5.82 Å². The Hall–Kier alpha value is -1.86. The number of piperazine rings is 1. The van der Waals surface area contributed by atoms with Crippen molar-refractivity contribution in [2.75, 3.05) is 26.2 Å². The van der Waals surface area contributed by atoms with Crippen LogP contribution < -0.4 is 0 Å². The minimum Gasteiger partial charge on any atom is -0.339 e. The molecule has 1 aliphatic carbocycles.